The van der Waals surface area contributed by atoms with Gasteiger partial charge >= 0.3 is 5.69 Å². The van der Waals surface area contributed by atoms with Gasteiger partial charge in [0.2, 0.25) is 5.82 Å². The lowest BCUT2D eigenvalue weighted by atomic mass is 10.1. The lowest BCUT2D eigenvalue weighted by Gasteiger charge is -2.11. The number of carbonyl (C=O) groups is 1. The minimum atomic E-state index is -1.32. The van der Waals surface area contributed by atoms with E-state index < -0.39 is 39.8 Å². The molecule has 1 unspecified atom stereocenters. The van der Waals surface area contributed by atoms with Crippen molar-refractivity contribution in [1.29, 1.82) is 0 Å². The van der Waals surface area contributed by atoms with Gasteiger partial charge in [-0.25, -0.2) is 4.39 Å². The smallest absolute Gasteiger partial charge is 0.307 e. The first-order valence-electron chi connectivity index (χ1n) is 5.45. The molecule has 1 aromatic rings. The van der Waals surface area contributed by atoms with Gasteiger partial charge in [-0.15, -0.1) is 0 Å². The standard InChI is InChI=1S/C11H12F2N2O5/c1-20-5-6(16)4-14-11(17)7-2-9(13)10(15(18)19)3-8(7)12/h2-3,6,16H,4-5H2,1H3,(H,14,17). The molecule has 1 atom stereocenters. The summed E-state index contributed by atoms with van der Waals surface area (Å²) in [4.78, 5) is 20.9. The zero-order valence-corrected chi connectivity index (χ0v) is 10.4. The molecule has 0 aliphatic carbocycles. The van der Waals surface area contributed by atoms with Crippen LogP contribution in [-0.2, 0) is 4.74 Å². The van der Waals surface area contributed by atoms with E-state index in [1.165, 1.54) is 7.11 Å². The molecule has 0 bridgehead atoms. The highest BCUT2D eigenvalue weighted by molar-refractivity contribution is 5.94. The average Bonchev–Trinajstić information content (AvgIpc) is 2.38. The molecule has 0 radical (unpaired) electrons. The van der Waals surface area contributed by atoms with Crippen LogP contribution in [0.1, 0.15) is 10.4 Å². The highest BCUT2D eigenvalue weighted by Gasteiger charge is 2.22. The van der Waals surface area contributed by atoms with Gasteiger partial charge in [0.15, 0.2) is 0 Å². The lowest BCUT2D eigenvalue weighted by molar-refractivity contribution is -0.387. The van der Waals surface area contributed by atoms with Gasteiger partial charge in [0.25, 0.3) is 5.91 Å². The molecule has 2 N–H and O–H groups in total. The first-order chi connectivity index (χ1) is 9.36. The van der Waals surface area contributed by atoms with Crippen LogP contribution < -0.4 is 5.32 Å². The number of carbonyl (C=O) groups excluding carboxylic acids is 1. The van der Waals surface area contributed by atoms with E-state index in [2.05, 4.69) is 10.1 Å². The number of rotatable bonds is 6. The van der Waals surface area contributed by atoms with Crippen LogP contribution in [0, 0.1) is 21.7 Å². The van der Waals surface area contributed by atoms with E-state index in [1.807, 2.05) is 0 Å². The fourth-order valence-electron chi connectivity index (χ4n) is 1.41. The Morgan fingerprint density at radius 2 is 2.15 bits per heavy atom. The summed E-state index contributed by atoms with van der Waals surface area (Å²) in [6, 6.07) is 0.765. The first-order valence-corrected chi connectivity index (χ1v) is 5.45. The first kappa shape index (κ1) is 15.9. The number of aliphatic hydroxyl groups is 1. The van der Waals surface area contributed by atoms with Crippen molar-refractivity contribution in [3.63, 3.8) is 0 Å². The molecule has 0 fully saturated rings. The predicted octanol–water partition coefficient (Wildman–Crippen LogP) is 0.610. The third kappa shape index (κ3) is 3.93. The zero-order valence-electron chi connectivity index (χ0n) is 10.4. The van der Waals surface area contributed by atoms with E-state index >= 15 is 0 Å². The van der Waals surface area contributed by atoms with E-state index in [1.54, 1.807) is 0 Å². The molecule has 0 aliphatic heterocycles. The summed E-state index contributed by atoms with van der Waals surface area (Å²) in [5.74, 6) is -3.54. The average molecular weight is 290 g/mol. The minimum absolute atomic E-state index is 0.0443. The molecule has 7 nitrogen and oxygen atoms in total. The topological polar surface area (TPSA) is 102 Å². The molecular weight excluding hydrogens is 278 g/mol. The number of nitro benzene ring substituents is 1. The van der Waals surface area contributed by atoms with Crippen molar-refractivity contribution >= 4 is 11.6 Å². The molecule has 0 aliphatic rings. The number of benzene rings is 1. The van der Waals surface area contributed by atoms with Gasteiger partial charge in [-0.05, 0) is 6.07 Å². The number of halogens is 2. The quantitative estimate of drug-likeness (QED) is 0.590. The Kier molecular flexibility index (Phi) is 5.47. The van der Waals surface area contributed by atoms with Crippen molar-refractivity contribution in [1.82, 2.24) is 5.32 Å². The second-order valence-electron chi connectivity index (χ2n) is 3.86. The van der Waals surface area contributed by atoms with Gasteiger partial charge < -0.3 is 15.2 Å². The van der Waals surface area contributed by atoms with Crippen LogP contribution in [0.4, 0.5) is 14.5 Å². The van der Waals surface area contributed by atoms with Crippen molar-refractivity contribution in [3.8, 4) is 0 Å². The van der Waals surface area contributed by atoms with E-state index in [4.69, 9.17) is 0 Å². The fourth-order valence-corrected chi connectivity index (χ4v) is 1.41. The second-order valence-corrected chi connectivity index (χ2v) is 3.86. The molecule has 1 aromatic carbocycles. The summed E-state index contributed by atoms with van der Waals surface area (Å²) < 4.78 is 31.4. The van der Waals surface area contributed by atoms with Crippen molar-refractivity contribution < 1.29 is 28.3 Å². The second kappa shape index (κ2) is 6.87. The molecule has 0 spiro atoms. The Hall–Kier alpha value is -2.13. The number of amides is 1. The number of nitrogens with one attached hydrogen (secondary N) is 1. The Balaban J connectivity index is 2.84. The molecular formula is C11H12F2N2O5. The molecule has 1 amide bonds. The third-order valence-corrected chi connectivity index (χ3v) is 2.34. The van der Waals surface area contributed by atoms with Crippen LogP contribution in [-0.4, -0.2) is 42.3 Å². The number of hydrogen-bond acceptors (Lipinski definition) is 5. The van der Waals surface area contributed by atoms with Crippen molar-refractivity contribution in [3.05, 3.63) is 39.4 Å². The van der Waals surface area contributed by atoms with E-state index in [0.717, 1.165) is 0 Å². The summed E-state index contributed by atoms with van der Waals surface area (Å²) in [7, 11) is 1.34. The van der Waals surface area contributed by atoms with Crippen LogP contribution in [0.5, 0.6) is 0 Å². The van der Waals surface area contributed by atoms with Crippen LogP contribution in [0.3, 0.4) is 0 Å². The molecule has 0 aromatic heterocycles. The number of ether oxygens (including phenoxy) is 1. The summed E-state index contributed by atoms with van der Waals surface area (Å²) in [6.45, 7) is -0.276. The van der Waals surface area contributed by atoms with Crippen molar-refractivity contribution in [2.75, 3.05) is 20.3 Å². The molecule has 20 heavy (non-hydrogen) atoms. The summed E-state index contributed by atoms with van der Waals surface area (Å²) >= 11 is 0. The Morgan fingerprint density at radius 1 is 1.50 bits per heavy atom. The van der Waals surface area contributed by atoms with Gasteiger partial charge in [-0.1, -0.05) is 0 Å². The Morgan fingerprint density at radius 3 is 2.70 bits per heavy atom. The predicted molar refractivity (Wildman–Crippen MR) is 63.2 cm³/mol. The van der Waals surface area contributed by atoms with Gasteiger partial charge in [0.05, 0.1) is 29.3 Å². The third-order valence-electron chi connectivity index (χ3n) is 2.34. The zero-order chi connectivity index (χ0) is 15.3. The Labute approximate surface area is 112 Å². The monoisotopic (exact) mass is 290 g/mol. The number of methoxy groups -OCH3 is 1. The SMILES string of the molecule is COCC(O)CNC(=O)c1cc(F)c([N+](=O)[O-])cc1F. The normalized spacial score (nSPS) is 12.0. The highest BCUT2D eigenvalue weighted by atomic mass is 19.1. The maximum Gasteiger partial charge on any atom is 0.307 e. The number of hydrogen-bond donors (Lipinski definition) is 2. The molecule has 0 heterocycles. The van der Waals surface area contributed by atoms with Gasteiger partial charge in [0, 0.05) is 13.7 Å². The van der Waals surface area contributed by atoms with Gasteiger partial charge in [-0.2, -0.15) is 4.39 Å². The van der Waals surface area contributed by atoms with Crippen LogP contribution >= 0.6 is 0 Å². The maximum atomic E-state index is 13.5. The molecule has 0 saturated heterocycles. The minimum Gasteiger partial charge on any atom is -0.389 e. The highest BCUT2D eigenvalue weighted by Crippen LogP contribution is 2.21. The molecule has 9 heteroatoms. The summed E-state index contributed by atoms with van der Waals surface area (Å²) in [5, 5.41) is 21.8. The van der Waals surface area contributed by atoms with E-state index in [9.17, 15) is 28.8 Å². The van der Waals surface area contributed by atoms with Crippen molar-refractivity contribution in [2.45, 2.75) is 6.10 Å². The summed E-state index contributed by atoms with van der Waals surface area (Å²) in [5.41, 5.74) is -1.74. The number of nitrogens with zero attached hydrogens (tertiary/aromatic N) is 1. The number of nitro groups is 1. The Bertz CT molecular complexity index is 524. The summed E-state index contributed by atoms with van der Waals surface area (Å²) in [6.07, 6.45) is -1.00. The molecule has 0 saturated carbocycles. The van der Waals surface area contributed by atoms with Crippen LogP contribution in [0.15, 0.2) is 12.1 Å². The van der Waals surface area contributed by atoms with Crippen molar-refractivity contribution in [2.24, 2.45) is 0 Å². The maximum absolute atomic E-state index is 13.5. The number of aliphatic hydroxyl groups excluding tert-OH is 1. The lowest BCUT2D eigenvalue weighted by Crippen LogP contribution is -2.34. The fraction of sp³-hybridized carbons (Fsp3) is 0.364. The largest absolute Gasteiger partial charge is 0.389 e. The van der Waals surface area contributed by atoms with Gasteiger partial charge in [0.1, 0.15) is 5.82 Å². The molecule has 1 rings (SSSR count). The van der Waals surface area contributed by atoms with E-state index in [0.29, 0.717) is 12.1 Å². The van der Waals surface area contributed by atoms with E-state index in [-0.39, 0.29) is 13.2 Å². The van der Waals surface area contributed by atoms with Gasteiger partial charge in [-0.3, -0.25) is 14.9 Å². The van der Waals surface area contributed by atoms with Crippen LogP contribution in [0.25, 0.3) is 0 Å². The molecule has 110 valence electrons. The van der Waals surface area contributed by atoms with Crippen LogP contribution in [0.2, 0.25) is 0 Å².